The molecule has 1 N–H and O–H groups in total. The predicted molar refractivity (Wildman–Crippen MR) is 90.1 cm³/mol. The van der Waals surface area contributed by atoms with E-state index in [1.165, 1.54) is 0 Å². The molecular formula is C17H25N3O3. The molecule has 0 aliphatic carbocycles. The highest BCUT2D eigenvalue weighted by molar-refractivity contribution is 5.93. The van der Waals surface area contributed by atoms with Crippen molar-refractivity contribution in [3.8, 4) is 0 Å². The van der Waals surface area contributed by atoms with Gasteiger partial charge in [-0.15, -0.1) is 0 Å². The fourth-order valence-electron chi connectivity index (χ4n) is 3.19. The summed E-state index contributed by atoms with van der Waals surface area (Å²) in [6.45, 7) is 8.30. The first-order valence-corrected chi connectivity index (χ1v) is 8.26. The third kappa shape index (κ3) is 3.95. The van der Waals surface area contributed by atoms with E-state index in [9.17, 15) is 4.79 Å². The molecule has 0 radical (unpaired) electrons. The standard InChI is InChI=1S/C17H25N3O3/c1-13-11-20(12-14(2)23-13)16-6-4-3-5-15(16)18-17(21)19-7-9-22-10-8-19/h3-6,13-14H,7-12H2,1-2H3,(H,18,21)/t13-,14-/m1/s1. The van der Waals surface area contributed by atoms with Crippen molar-refractivity contribution in [1.82, 2.24) is 4.90 Å². The van der Waals surface area contributed by atoms with E-state index in [4.69, 9.17) is 9.47 Å². The van der Waals surface area contributed by atoms with Gasteiger partial charge in [-0.25, -0.2) is 4.79 Å². The fourth-order valence-corrected chi connectivity index (χ4v) is 3.19. The zero-order valence-corrected chi connectivity index (χ0v) is 13.8. The van der Waals surface area contributed by atoms with Gasteiger partial charge in [-0.05, 0) is 26.0 Å². The van der Waals surface area contributed by atoms with Gasteiger partial charge in [0.1, 0.15) is 0 Å². The van der Waals surface area contributed by atoms with Crippen molar-refractivity contribution in [2.24, 2.45) is 0 Å². The Bertz CT molecular complexity index is 536. The van der Waals surface area contributed by atoms with Gasteiger partial charge in [0.15, 0.2) is 0 Å². The summed E-state index contributed by atoms with van der Waals surface area (Å²) >= 11 is 0. The maximum Gasteiger partial charge on any atom is 0.322 e. The summed E-state index contributed by atoms with van der Waals surface area (Å²) in [6.07, 6.45) is 0.364. The lowest BCUT2D eigenvalue weighted by molar-refractivity contribution is -0.00517. The molecule has 23 heavy (non-hydrogen) atoms. The number of hydrogen-bond donors (Lipinski definition) is 1. The first kappa shape index (κ1) is 16.1. The van der Waals surface area contributed by atoms with Crippen LogP contribution in [0.4, 0.5) is 16.2 Å². The Morgan fingerprint density at radius 3 is 2.48 bits per heavy atom. The van der Waals surface area contributed by atoms with Crippen molar-refractivity contribution in [3.05, 3.63) is 24.3 Å². The van der Waals surface area contributed by atoms with Crippen LogP contribution in [0.1, 0.15) is 13.8 Å². The molecule has 1 aromatic rings. The van der Waals surface area contributed by atoms with Gasteiger partial charge in [-0.3, -0.25) is 0 Å². The van der Waals surface area contributed by atoms with Crippen molar-refractivity contribution >= 4 is 17.4 Å². The van der Waals surface area contributed by atoms with Crippen molar-refractivity contribution < 1.29 is 14.3 Å². The summed E-state index contributed by atoms with van der Waals surface area (Å²) in [6, 6.07) is 7.91. The monoisotopic (exact) mass is 319 g/mol. The van der Waals surface area contributed by atoms with Crippen LogP contribution in [0, 0.1) is 0 Å². The second-order valence-electron chi connectivity index (χ2n) is 6.21. The molecule has 6 heteroatoms. The minimum absolute atomic E-state index is 0.0601. The maximum atomic E-state index is 12.4. The third-order valence-corrected chi connectivity index (χ3v) is 4.20. The molecule has 0 spiro atoms. The summed E-state index contributed by atoms with van der Waals surface area (Å²) in [5, 5.41) is 3.06. The molecule has 2 atom stereocenters. The highest BCUT2D eigenvalue weighted by atomic mass is 16.5. The number of carbonyl (C=O) groups excluding carboxylic acids is 1. The number of rotatable bonds is 2. The van der Waals surface area contributed by atoms with Crippen LogP contribution in [0.15, 0.2) is 24.3 Å². The van der Waals surface area contributed by atoms with Crippen molar-refractivity contribution in [2.45, 2.75) is 26.1 Å². The van der Waals surface area contributed by atoms with Crippen molar-refractivity contribution in [2.75, 3.05) is 49.6 Å². The number of hydrogen-bond acceptors (Lipinski definition) is 4. The maximum absolute atomic E-state index is 12.4. The molecule has 2 aliphatic rings. The van der Waals surface area contributed by atoms with Gasteiger partial charge >= 0.3 is 6.03 Å². The molecule has 0 saturated carbocycles. The molecule has 2 amide bonds. The molecule has 3 rings (SSSR count). The van der Waals surface area contributed by atoms with E-state index in [1.54, 1.807) is 4.90 Å². The number of morpholine rings is 2. The molecule has 0 unspecified atom stereocenters. The molecular weight excluding hydrogens is 294 g/mol. The summed E-state index contributed by atoms with van der Waals surface area (Å²) in [7, 11) is 0. The van der Waals surface area contributed by atoms with Gasteiger partial charge in [-0.2, -0.15) is 0 Å². The Balaban J connectivity index is 1.73. The van der Waals surface area contributed by atoms with Crippen LogP contribution in [0.3, 0.4) is 0 Å². The second-order valence-corrected chi connectivity index (χ2v) is 6.21. The van der Waals surface area contributed by atoms with Crippen LogP contribution < -0.4 is 10.2 Å². The summed E-state index contributed by atoms with van der Waals surface area (Å²) in [5.74, 6) is 0. The van der Waals surface area contributed by atoms with Crippen LogP contribution >= 0.6 is 0 Å². The Morgan fingerprint density at radius 1 is 1.13 bits per heavy atom. The molecule has 6 nitrogen and oxygen atoms in total. The number of urea groups is 1. The summed E-state index contributed by atoms with van der Waals surface area (Å²) < 4.78 is 11.1. The molecule has 1 aromatic carbocycles. The molecule has 2 fully saturated rings. The lowest BCUT2D eigenvalue weighted by atomic mass is 10.1. The van der Waals surface area contributed by atoms with Crippen LogP contribution in [0.5, 0.6) is 0 Å². The topological polar surface area (TPSA) is 54.0 Å². The third-order valence-electron chi connectivity index (χ3n) is 4.20. The van der Waals surface area contributed by atoms with E-state index in [0.29, 0.717) is 26.3 Å². The minimum atomic E-state index is -0.0601. The van der Waals surface area contributed by atoms with Crippen LogP contribution in [-0.2, 0) is 9.47 Å². The number of anilines is 2. The zero-order chi connectivity index (χ0) is 16.2. The number of para-hydroxylation sites is 2. The van der Waals surface area contributed by atoms with Gasteiger partial charge in [0.2, 0.25) is 0 Å². The number of amides is 2. The Hall–Kier alpha value is -1.79. The first-order chi connectivity index (χ1) is 11.1. The van der Waals surface area contributed by atoms with E-state index in [0.717, 1.165) is 24.5 Å². The minimum Gasteiger partial charge on any atom is -0.378 e. The summed E-state index contributed by atoms with van der Waals surface area (Å²) in [4.78, 5) is 16.5. The largest absolute Gasteiger partial charge is 0.378 e. The van der Waals surface area contributed by atoms with Gasteiger partial charge in [0.25, 0.3) is 0 Å². The van der Waals surface area contributed by atoms with Crippen LogP contribution in [-0.4, -0.2) is 62.5 Å². The van der Waals surface area contributed by atoms with E-state index < -0.39 is 0 Å². The quantitative estimate of drug-likeness (QED) is 0.908. The average molecular weight is 319 g/mol. The smallest absolute Gasteiger partial charge is 0.322 e. The Kier molecular flexibility index (Phi) is 5.03. The van der Waals surface area contributed by atoms with E-state index in [2.05, 4.69) is 30.1 Å². The lowest BCUT2D eigenvalue weighted by Crippen LogP contribution is -2.46. The van der Waals surface area contributed by atoms with Crippen molar-refractivity contribution in [3.63, 3.8) is 0 Å². The first-order valence-electron chi connectivity index (χ1n) is 8.26. The molecule has 2 saturated heterocycles. The van der Waals surface area contributed by atoms with E-state index in [-0.39, 0.29) is 18.2 Å². The molecule has 2 aliphatic heterocycles. The fraction of sp³-hybridized carbons (Fsp3) is 0.588. The van der Waals surface area contributed by atoms with Crippen LogP contribution in [0.2, 0.25) is 0 Å². The van der Waals surface area contributed by atoms with Gasteiger partial charge in [-0.1, -0.05) is 12.1 Å². The summed E-state index contributed by atoms with van der Waals surface area (Å²) in [5.41, 5.74) is 1.90. The number of benzene rings is 1. The molecule has 126 valence electrons. The van der Waals surface area contributed by atoms with Gasteiger partial charge < -0.3 is 24.6 Å². The highest BCUT2D eigenvalue weighted by Gasteiger charge is 2.25. The number of nitrogens with one attached hydrogen (secondary N) is 1. The normalized spacial score (nSPS) is 25.3. The SMILES string of the molecule is C[C@@H]1CN(c2ccccc2NC(=O)N2CCOCC2)C[C@@H](C)O1. The highest BCUT2D eigenvalue weighted by Crippen LogP contribution is 2.28. The molecule has 0 aromatic heterocycles. The molecule has 0 bridgehead atoms. The molecule has 2 heterocycles. The van der Waals surface area contributed by atoms with Crippen LogP contribution in [0.25, 0.3) is 0 Å². The number of ether oxygens (including phenoxy) is 2. The van der Waals surface area contributed by atoms with E-state index >= 15 is 0 Å². The predicted octanol–water partition coefficient (Wildman–Crippen LogP) is 2.16. The van der Waals surface area contributed by atoms with Crippen molar-refractivity contribution in [1.29, 1.82) is 0 Å². The Morgan fingerprint density at radius 2 is 1.78 bits per heavy atom. The Labute approximate surface area is 137 Å². The number of nitrogens with zero attached hydrogens (tertiary/aromatic N) is 2. The van der Waals surface area contributed by atoms with E-state index in [1.807, 2.05) is 18.2 Å². The van der Waals surface area contributed by atoms with Gasteiger partial charge in [0, 0.05) is 26.2 Å². The number of carbonyl (C=O) groups is 1. The van der Waals surface area contributed by atoms with Gasteiger partial charge in [0.05, 0.1) is 36.8 Å². The zero-order valence-electron chi connectivity index (χ0n) is 13.8. The second kappa shape index (κ2) is 7.19. The average Bonchev–Trinajstić information content (AvgIpc) is 2.55. The lowest BCUT2D eigenvalue weighted by Gasteiger charge is -2.38.